The molecular formula is C13H15N3O. The maximum atomic E-state index is 12.2. The minimum Gasteiger partial charge on any atom is -0.294 e. The first-order chi connectivity index (χ1) is 8.09. The first kappa shape index (κ1) is 11.5. The van der Waals surface area contributed by atoms with Gasteiger partial charge in [0.1, 0.15) is 12.2 Å². The maximum Gasteiger partial charge on any atom is 0.170 e. The van der Waals surface area contributed by atoms with Gasteiger partial charge in [-0.15, -0.1) is 0 Å². The Balaban J connectivity index is 2.30. The Labute approximate surface area is 100 Å². The molecule has 0 bridgehead atoms. The van der Waals surface area contributed by atoms with Crippen molar-refractivity contribution in [3.8, 4) is 0 Å². The lowest BCUT2D eigenvalue weighted by Gasteiger charge is -2.07. The van der Waals surface area contributed by atoms with Gasteiger partial charge in [0.05, 0.1) is 6.42 Å². The van der Waals surface area contributed by atoms with E-state index >= 15 is 0 Å². The molecule has 0 saturated carbocycles. The fourth-order valence-electron chi connectivity index (χ4n) is 1.97. The molecule has 17 heavy (non-hydrogen) atoms. The number of nitrogens with zero attached hydrogens (tertiary/aromatic N) is 3. The van der Waals surface area contributed by atoms with Gasteiger partial charge in [0.15, 0.2) is 5.78 Å². The van der Waals surface area contributed by atoms with Crippen LogP contribution in [0.1, 0.15) is 27.3 Å². The molecule has 0 saturated heterocycles. The average Bonchev–Trinajstić information content (AvgIpc) is 2.64. The van der Waals surface area contributed by atoms with Crippen LogP contribution < -0.4 is 0 Å². The molecular weight excluding hydrogens is 214 g/mol. The summed E-state index contributed by atoms with van der Waals surface area (Å²) in [5, 5.41) is 3.96. The van der Waals surface area contributed by atoms with Gasteiger partial charge < -0.3 is 0 Å². The van der Waals surface area contributed by atoms with Crippen LogP contribution in [-0.2, 0) is 13.5 Å². The zero-order valence-electron chi connectivity index (χ0n) is 10.3. The predicted molar refractivity (Wildman–Crippen MR) is 65.0 cm³/mol. The lowest BCUT2D eigenvalue weighted by molar-refractivity contribution is 0.0988. The van der Waals surface area contributed by atoms with E-state index in [9.17, 15) is 4.79 Å². The highest BCUT2D eigenvalue weighted by Crippen LogP contribution is 2.15. The van der Waals surface area contributed by atoms with Gasteiger partial charge in [-0.1, -0.05) is 18.2 Å². The van der Waals surface area contributed by atoms with E-state index in [1.165, 1.54) is 6.33 Å². The molecule has 2 aromatic rings. The Morgan fingerprint density at radius 2 is 1.94 bits per heavy atom. The highest BCUT2D eigenvalue weighted by Gasteiger charge is 2.14. The van der Waals surface area contributed by atoms with E-state index in [-0.39, 0.29) is 5.78 Å². The van der Waals surface area contributed by atoms with Crippen molar-refractivity contribution in [1.29, 1.82) is 0 Å². The van der Waals surface area contributed by atoms with E-state index in [4.69, 9.17) is 0 Å². The van der Waals surface area contributed by atoms with Gasteiger partial charge in [-0.25, -0.2) is 4.98 Å². The van der Waals surface area contributed by atoms with E-state index in [1.807, 2.05) is 32.0 Å². The molecule has 0 atom stereocenters. The molecule has 0 amide bonds. The van der Waals surface area contributed by atoms with Crippen LogP contribution in [0, 0.1) is 13.8 Å². The van der Waals surface area contributed by atoms with E-state index < -0.39 is 0 Å². The number of aryl methyl sites for hydroxylation is 3. The van der Waals surface area contributed by atoms with E-state index in [0.717, 1.165) is 16.7 Å². The molecule has 1 aromatic heterocycles. The first-order valence-electron chi connectivity index (χ1n) is 5.52. The largest absolute Gasteiger partial charge is 0.294 e. The van der Waals surface area contributed by atoms with Crippen molar-refractivity contribution in [3.05, 3.63) is 47.0 Å². The number of ketones is 1. The second-order valence-corrected chi connectivity index (χ2v) is 4.17. The van der Waals surface area contributed by atoms with Crippen LogP contribution in [0.3, 0.4) is 0 Å². The fraction of sp³-hybridized carbons (Fsp3) is 0.308. The van der Waals surface area contributed by atoms with Crippen LogP contribution in [0.2, 0.25) is 0 Å². The molecule has 0 radical (unpaired) electrons. The SMILES string of the molecule is Cc1cccc(C)c1C(=O)Cc1ncnn1C. The smallest absolute Gasteiger partial charge is 0.170 e. The molecule has 1 heterocycles. The van der Waals surface area contributed by atoms with Crippen molar-refractivity contribution in [1.82, 2.24) is 14.8 Å². The highest BCUT2D eigenvalue weighted by atomic mass is 16.1. The number of aromatic nitrogens is 3. The van der Waals surface area contributed by atoms with Crippen molar-refractivity contribution in [2.75, 3.05) is 0 Å². The molecule has 0 aliphatic heterocycles. The van der Waals surface area contributed by atoms with Crippen molar-refractivity contribution < 1.29 is 4.79 Å². The Bertz CT molecular complexity index is 537. The lowest BCUT2D eigenvalue weighted by Crippen LogP contribution is -2.11. The Hall–Kier alpha value is -1.97. The molecule has 0 unspecified atom stereocenters. The fourth-order valence-corrected chi connectivity index (χ4v) is 1.97. The van der Waals surface area contributed by atoms with Crippen LogP contribution >= 0.6 is 0 Å². The molecule has 0 fully saturated rings. The van der Waals surface area contributed by atoms with Crippen molar-refractivity contribution in [2.45, 2.75) is 20.3 Å². The zero-order chi connectivity index (χ0) is 12.4. The minimum absolute atomic E-state index is 0.0942. The lowest BCUT2D eigenvalue weighted by atomic mass is 9.97. The highest BCUT2D eigenvalue weighted by molar-refractivity contribution is 5.99. The van der Waals surface area contributed by atoms with Crippen LogP contribution in [0.4, 0.5) is 0 Å². The third-order valence-electron chi connectivity index (χ3n) is 2.88. The third kappa shape index (κ3) is 2.25. The molecule has 0 aliphatic rings. The predicted octanol–water partition coefficient (Wildman–Crippen LogP) is 1.86. The summed E-state index contributed by atoms with van der Waals surface area (Å²) in [6, 6.07) is 5.87. The van der Waals surface area contributed by atoms with Gasteiger partial charge in [-0.2, -0.15) is 5.10 Å². The number of hydrogen-bond acceptors (Lipinski definition) is 3. The molecule has 0 spiro atoms. The quantitative estimate of drug-likeness (QED) is 0.755. The topological polar surface area (TPSA) is 47.8 Å². The number of hydrogen-bond donors (Lipinski definition) is 0. The zero-order valence-corrected chi connectivity index (χ0v) is 10.3. The van der Waals surface area contributed by atoms with E-state index in [1.54, 1.807) is 11.7 Å². The maximum absolute atomic E-state index is 12.2. The molecule has 2 rings (SSSR count). The van der Waals surface area contributed by atoms with Crippen molar-refractivity contribution in [2.24, 2.45) is 7.05 Å². The van der Waals surface area contributed by atoms with Crippen LogP contribution in [-0.4, -0.2) is 20.5 Å². The van der Waals surface area contributed by atoms with E-state index in [0.29, 0.717) is 12.2 Å². The van der Waals surface area contributed by atoms with Crippen molar-refractivity contribution >= 4 is 5.78 Å². The number of carbonyl (C=O) groups is 1. The second kappa shape index (κ2) is 4.49. The van der Waals surface area contributed by atoms with Gasteiger partial charge >= 0.3 is 0 Å². The molecule has 0 N–H and O–H groups in total. The van der Waals surface area contributed by atoms with Gasteiger partial charge in [-0.3, -0.25) is 9.48 Å². The summed E-state index contributed by atoms with van der Waals surface area (Å²) in [4.78, 5) is 16.3. The Morgan fingerprint density at radius 3 is 2.47 bits per heavy atom. The monoisotopic (exact) mass is 229 g/mol. The van der Waals surface area contributed by atoms with Crippen LogP contribution in [0.15, 0.2) is 24.5 Å². The molecule has 88 valence electrons. The van der Waals surface area contributed by atoms with Gasteiger partial charge in [0, 0.05) is 12.6 Å². The average molecular weight is 229 g/mol. The number of Topliss-reactive ketones (excluding diaryl/α,β-unsaturated/α-hetero) is 1. The molecule has 4 nitrogen and oxygen atoms in total. The summed E-state index contributed by atoms with van der Waals surface area (Å²) in [5.74, 6) is 0.786. The minimum atomic E-state index is 0.0942. The number of benzene rings is 1. The first-order valence-corrected chi connectivity index (χ1v) is 5.52. The Morgan fingerprint density at radius 1 is 1.29 bits per heavy atom. The van der Waals surface area contributed by atoms with E-state index in [2.05, 4.69) is 10.1 Å². The summed E-state index contributed by atoms with van der Waals surface area (Å²) < 4.78 is 1.63. The normalized spacial score (nSPS) is 10.5. The summed E-state index contributed by atoms with van der Waals surface area (Å²) in [5.41, 5.74) is 2.82. The van der Waals surface area contributed by atoms with Gasteiger partial charge in [0.25, 0.3) is 0 Å². The summed E-state index contributed by atoms with van der Waals surface area (Å²) in [7, 11) is 1.79. The summed E-state index contributed by atoms with van der Waals surface area (Å²) in [6.45, 7) is 3.91. The number of carbonyl (C=O) groups excluding carboxylic acids is 1. The number of rotatable bonds is 3. The third-order valence-corrected chi connectivity index (χ3v) is 2.88. The molecule has 4 heteroatoms. The summed E-state index contributed by atoms with van der Waals surface area (Å²) >= 11 is 0. The Kier molecular flexibility index (Phi) is 3.04. The summed E-state index contributed by atoms with van der Waals surface area (Å²) in [6.07, 6.45) is 1.76. The van der Waals surface area contributed by atoms with Gasteiger partial charge in [-0.05, 0) is 25.0 Å². The molecule has 1 aromatic carbocycles. The molecule has 0 aliphatic carbocycles. The van der Waals surface area contributed by atoms with Gasteiger partial charge in [0.2, 0.25) is 0 Å². The second-order valence-electron chi connectivity index (χ2n) is 4.17. The van der Waals surface area contributed by atoms with Crippen LogP contribution in [0.5, 0.6) is 0 Å². The standard InChI is InChI=1S/C13H15N3O/c1-9-5-4-6-10(2)13(9)11(17)7-12-14-8-15-16(12)3/h4-6,8H,7H2,1-3H3. The van der Waals surface area contributed by atoms with Crippen molar-refractivity contribution in [3.63, 3.8) is 0 Å². The van der Waals surface area contributed by atoms with Crippen LogP contribution in [0.25, 0.3) is 0 Å².